The summed E-state index contributed by atoms with van der Waals surface area (Å²) in [5.41, 5.74) is 0.740. The molecule has 0 radical (unpaired) electrons. The summed E-state index contributed by atoms with van der Waals surface area (Å²) in [6, 6.07) is 3.14. The first kappa shape index (κ1) is 10.5. The van der Waals surface area contributed by atoms with Crippen molar-refractivity contribution in [1.82, 2.24) is 0 Å². The van der Waals surface area contributed by atoms with Gasteiger partial charge in [-0.25, -0.2) is 4.39 Å². The van der Waals surface area contributed by atoms with Crippen LogP contribution in [0.15, 0.2) is 16.6 Å². The summed E-state index contributed by atoms with van der Waals surface area (Å²) >= 11 is 3.19. The van der Waals surface area contributed by atoms with E-state index < -0.39 is 0 Å². The van der Waals surface area contributed by atoms with Gasteiger partial charge in [-0.05, 0) is 24.6 Å². The molecule has 1 aromatic rings. The first-order chi connectivity index (χ1) is 6.15. The summed E-state index contributed by atoms with van der Waals surface area (Å²) in [5.74, 6) is -0.144. The molecule has 0 spiro atoms. The quantitative estimate of drug-likeness (QED) is 0.767. The van der Waals surface area contributed by atoms with E-state index in [1.807, 2.05) is 0 Å². The van der Waals surface area contributed by atoms with E-state index in [9.17, 15) is 4.39 Å². The van der Waals surface area contributed by atoms with Crippen LogP contribution in [0.1, 0.15) is 5.56 Å². The molecule has 0 atom stereocenters. The third kappa shape index (κ3) is 2.67. The predicted molar refractivity (Wildman–Crippen MR) is 51.3 cm³/mol. The van der Waals surface area contributed by atoms with Crippen molar-refractivity contribution in [1.29, 1.82) is 0 Å². The van der Waals surface area contributed by atoms with Crippen molar-refractivity contribution in [3.05, 3.63) is 28.0 Å². The van der Waals surface area contributed by atoms with Crippen LogP contribution in [0.2, 0.25) is 0 Å². The lowest BCUT2D eigenvalue weighted by atomic mass is 10.2. The van der Waals surface area contributed by atoms with Crippen LogP contribution in [-0.4, -0.2) is 13.9 Å². The van der Waals surface area contributed by atoms with Crippen molar-refractivity contribution in [3.8, 4) is 5.75 Å². The zero-order chi connectivity index (χ0) is 9.84. The lowest BCUT2D eigenvalue weighted by Gasteiger charge is -2.09. The molecule has 0 aliphatic heterocycles. The molecule has 72 valence electrons. The molecule has 0 N–H and O–H groups in total. The first-order valence-electron chi connectivity index (χ1n) is 3.72. The second kappa shape index (κ2) is 4.58. The Morgan fingerprint density at radius 3 is 2.69 bits per heavy atom. The summed E-state index contributed by atoms with van der Waals surface area (Å²) in [5, 5.41) is 0. The Balaban J connectivity index is 2.92. The van der Waals surface area contributed by atoms with Gasteiger partial charge in [0.05, 0.1) is 0 Å². The highest BCUT2D eigenvalue weighted by molar-refractivity contribution is 9.10. The number of rotatable bonds is 3. The maximum absolute atomic E-state index is 13.2. The Bertz CT molecular complexity index is 279. The zero-order valence-corrected chi connectivity index (χ0v) is 9.02. The van der Waals surface area contributed by atoms with Crippen LogP contribution >= 0.6 is 15.9 Å². The second-order valence-electron chi connectivity index (χ2n) is 2.58. The molecule has 0 aromatic heterocycles. The second-order valence-corrected chi connectivity index (χ2v) is 3.50. The Labute approximate surface area is 84.8 Å². The van der Waals surface area contributed by atoms with E-state index in [4.69, 9.17) is 4.74 Å². The summed E-state index contributed by atoms with van der Waals surface area (Å²) in [7, 11) is 1.49. The average Bonchev–Trinajstić information content (AvgIpc) is 2.02. The van der Waals surface area contributed by atoms with Crippen LogP contribution in [-0.2, 0) is 4.74 Å². The molecular formula is C9H10BrFO2. The van der Waals surface area contributed by atoms with E-state index in [1.54, 1.807) is 13.0 Å². The zero-order valence-electron chi connectivity index (χ0n) is 7.43. The minimum Gasteiger partial charge on any atom is -0.464 e. The number of halogens is 2. The van der Waals surface area contributed by atoms with Crippen LogP contribution in [0.4, 0.5) is 4.39 Å². The first-order valence-corrected chi connectivity index (χ1v) is 4.52. The summed E-state index contributed by atoms with van der Waals surface area (Å²) in [6.45, 7) is 1.83. The van der Waals surface area contributed by atoms with Crippen LogP contribution in [0, 0.1) is 12.7 Å². The Kier molecular flexibility index (Phi) is 3.69. The lowest BCUT2D eigenvalue weighted by molar-refractivity contribution is 0.0477. The van der Waals surface area contributed by atoms with E-state index in [0.29, 0.717) is 4.47 Å². The van der Waals surface area contributed by atoms with Crippen LogP contribution in [0.3, 0.4) is 0 Å². The van der Waals surface area contributed by atoms with Gasteiger partial charge in [0.1, 0.15) is 0 Å². The number of hydrogen-bond donors (Lipinski definition) is 0. The van der Waals surface area contributed by atoms with Crippen molar-refractivity contribution in [3.63, 3.8) is 0 Å². The molecule has 0 saturated carbocycles. The maximum atomic E-state index is 13.2. The van der Waals surface area contributed by atoms with E-state index in [0.717, 1.165) is 5.56 Å². The highest BCUT2D eigenvalue weighted by atomic mass is 79.9. The van der Waals surface area contributed by atoms with Gasteiger partial charge in [0, 0.05) is 11.6 Å². The highest BCUT2D eigenvalue weighted by Gasteiger charge is 2.07. The number of hydrogen-bond acceptors (Lipinski definition) is 2. The minimum absolute atomic E-state index is 0.0550. The van der Waals surface area contributed by atoms with Crippen molar-refractivity contribution in [2.75, 3.05) is 13.9 Å². The summed E-state index contributed by atoms with van der Waals surface area (Å²) in [4.78, 5) is 0. The van der Waals surface area contributed by atoms with E-state index in [1.165, 1.54) is 13.2 Å². The number of benzene rings is 1. The molecule has 0 aliphatic carbocycles. The van der Waals surface area contributed by atoms with Gasteiger partial charge in [-0.2, -0.15) is 0 Å². The summed E-state index contributed by atoms with van der Waals surface area (Å²) in [6.07, 6.45) is 0. The number of aryl methyl sites for hydroxylation is 1. The fraction of sp³-hybridized carbons (Fsp3) is 0.333. The fourth-order valence-electron chi connectivity index (χ4n) is 0.990. The SMILES string of the molecule is COCOc1c(C)cc(Br)cc1F. The maximum Gasteiger partial charge on any atom is 0.188 e. The molecule has 1 rings (SSSR count). The smallest absolute Gasteiger partial charge is 0.188 e. The van der Waals surface area contributed by atoms with Gasteiger partial charge in [0.25, 0.3) is 0 Å². The third-order valence-corrected chi connectivity index (χ3v) is 1.97. The van der Waals surface area contributed by atoms with Crippen molar-refractivity contribution >= 4 is 15.9 Å². The Hall–Kier alpha value is -0.610. The molecule has 2 nitrogen and oxygen atoms in total. The van der Waals surface area contributed by atoms with Gasteiger partial charge in [-0.15, -0.1) is 0 Å². The molecule has 0 unspecified atom stereocenters. The van der Waals surface area contributed by atoms with Crippen LogP contribution < -0.4 is 4.74 Å². The average molecular weight is 249 g/mol. The Morgan fingerprint density at radius 2 is 2.15 bits per heavy atom. The Morgan fingerprint density at radius 1 is 1.46 bits per heavy atom. The number of ether oxygens (including phenoxy) is 2. The molecular weight excluding hydrogens is 239 g/mol. The summed E-state index contributed by atoms with van der Waals surface area (Å²) < 4.78 is 23.7. The topological polar surface area (TPSA) is 18.5 Å². The largest absolute Gasteiger partial charge is 0.464 e. The molecule has 13 heavy (non-hydrogen) atoms. The standard InChI is InChI=1S/C9H10BrFO2/c1-6-3-7(10)4-8(11)9(6)13-5-12-2/h3-4H,5H2,1-2H3. The van der Waals surface area contributed by atoms with Gasteiger partial charge < -0.3 is 9.47 Å². The normalized spacial score (nSPS) is 10.2. The monoisotopic (exact) mass is 248 g/mol. The number of methoxy groups -OCH3 is 1. The van der Waals surface area contributed by atoms with Crippen LogP contribution in [0.5, 0.6) is 5.75 Å². The van der Waals surface area contributed by atoms with Gasteiger partial charge in [-0.1, -0.05) is 15.9 Å². The van der Waals surface area contributed by atoms with Crippen LogP contribution in [0.25, 0.3) is 0 Å². The van der Waals surface area contributed by atoms with E-state index >= 15 is 0 Å². The molecule has 4 heteroatoms. The molecule has 0 fully saturated rings. The van der Waals surface area contributed by atoms with Crippen molar-refractivity contribution < 1.29 is 13.9 Å². The van der Waals surface area contributed by atoms with E-state index in [2.05, 4.69) is 20.7 Å². The third-order valence-electron chi connectivity index (χ3n) is 1.52. The molecule has 0 amide bonds. The molecule has 0 heterocycles. The molecule has 0 saturated heterocycles. The molecule has 0 bridgehead atoms. The van der Waals surface area contributed by atoms with Gasteiger partial charge in [0.2, 0.25) is 0 Å². The van der Waals surface area contributed by atoms with Crippen molar-refractivity contribution in [2.45, 2.75) is 6.92 Å². The van der Waals surface area contributed by atoms with E-state index in [-0.39, 0.29) is 18.4 Å². The highest BCUT2D eigenvalue weighted by Crippen LogP contribution is 2.26. The van der Waals surface area contributed by atoms with Gasteiger partial charge in [0.15, 0.2) is 18.4 Å². The minimum atomic E-state index is -0.385. The predicted octanol–water partition coefficient (Wildman–Crippen LogP) is 2.88. The van der Waals surface area contributed by atoms with Gasteiger partial charge >= 0.3 is 0 Å². The van der Waals surface area contributed by atoms with Crippen molar-refractivity contribution in [2.24, 2.45) is 0 Å². The fourth-order valence-corrected chi connectivity index (χ4v) is 1.53. The van der Waals surface area contributed by atoms with Gasteiger partial charge in [-0.3, -0.25) is 0 Å². The molecule has 1 aromatic carbocycles. The lowest BCUT2D eigenvalue weighted by Crippen LogP contribution is -2.02. The molecule has 0 aliphatic rings.